The molecule has 1 atom stereocenters. The molecule has 3 amide bonds. The van der Waals surface area contributed by atoms with Crippen molar-refractivity contribution in [2.75, 3.05) is 43.5 Å². The number of methoxy groups -OCH3 is 1. The van der Waals surface area contributed by atoms with E-state index in [0.717, 1.165) is 48.8 Å². The lowest BCUT2D eigenvalue weighted by Gasteiger charge is -2.44. The van der Waals surface area contributed by atoms with Gasteiger partial charge in [0.2, 0.25) is 0 Å². The van der Waals surface area contributed by atoms with E-state index >= 15 is 0 Å². The normalized spacial score (nSPS) is 20.5. The summed E-state index contributed by atoms with van der Waals surface area (Å²) in [7, 11) is 1.63. The van der Waals surface area contributed by atoms with E-state index < -0.39 is 17.7 Å². The molecule has 9 nitrogen and oxygen atoms in total. The number of carbonyl (C=O) groups is 2. The van der Waals surface area contributed by atoms with E-state index in [-0.39, 0.29) is 29.1 Å². The molecule has 2 saturated heterocycles. The van der Waals surface area contributed by atoms with Crippen molar-refractivity contribution in [2.45, 2.75) is 58.0 Å². The Balaban J connectivity index is 1.14. The van der Waals surface area contributed by atoms with Gasteiger partial charge in [0.15, 0.2) is 0 Å². The second-order valence-electron chi connectivity index (χ2n) is 12.7. The molecule has 0 radical (unpaired) electrons. The smallest absolute Gasteiger partial charge is 0.322 e. The topological polar surface area (TPSA) is 90.9 Å². The Bertz CT molecular complexity index is 1540. The summed E-state index contributed by atoms with van der Waals surface area (Å²) in [4.78, 5) is 41.6. The fraction of sp³-hybridized carbons (Fsp3) is 0.455. The van der Waals surface area contributed by atoms with Crippen LogP contribution in [-0.4, -0.2) is 71.0 Å². The molecule has 3 aliphatic rings. The van der Waals surface area contributed by atoms with Crippen molar-refractivity contribution < 1.29 is 23.1 Å². The Labute approximate surface area is 256 Å². The number of nitrogens with zero attached hydrogens (tertiary/aromatic N) is 5. The molecule has 3 aliphatic heterocycles. The minimum absolute atomic E-state index is 0.0772. The third-order valence-electron chi connectivity index (χ3n) is 9.14. The van der Waals surface area contributed by atoms with Gasteiger partial charge in [-0.1, -0.05) is 13.8 Å². The van der Waals surface area contributed by atoms with Gasteiger partial charge in [-0.05, 0) is 79.0 Å². The lowest BCUT2D eigenvalue weighted by molar-refractivity contribution is 0.0384. The highest BCUT2D eigenvalue weighted by atomic mass is 19.1. The molecule has 0 spiro atoms. The molecule has 3 aromatic rings. The summed E-state index contributed by atoms with van der Waals surface area (Å²) in [5.41, 5.74) is 2.41. The van der Waals surface area contributed by atoms with Crippen LogP contribution < -0.4 is 15.0 Å². The molecule has 1 N–H and O–H groups in total. The Morgan fingerprint density at radius 3 is 2.48 bits per heavy atom. The summed E-state index contributed by atoms with van der Waals surface area (Å²) in [5, 5.41) is 3.06. The van der Waals surface area contributed by atoms with E-state index in [0.29, 0.717) is 44.0 Å². The number of piperidine rings is 2. The lowest BCUT2D eigenvalue weighted by Crippen LogP contribution is -2.49. The van der Waals surface area contributed by atoms with Crippen LogP contribution in [0.3, 0.4) is 0 Å². The molecule has 0 bridgehead atoms. The molecule has 1 unspecified atom stereocenters. The molecule has 2 aromatic carbocycles. The van der Waals surface area contributed by atoms with Gasteiger partial charge in [0.25, 0.3) is 5.91 Å². The van der Waals surface area contributed by atoms with Gasteiger partial charge in [0.1, 0.15) is 35.2 Å². The monoisotopic (exact) mass is 604 g/mol. The predicted molar refractivity (Wildman–Crippen MR) is 163 cm³/mol. The summed E-state index contributed by atoms with van der Waals surface area (Å²) >= 11 is 0. The van der Waals surface area contributed by atoms with Gasteiger partial charge in [-0.2, -0.15) is 0 Å². The average Bonchev–Trinajstić information content (AvgIpc) is 3.17. The van der Waals surface area contributed by atoms with Crippen molar-refractivity contribution in [2.24, 2.45) is 5.41 Å². The predicted octanol–water partition coefficient (Wildman–Crippen LogP) is 5.83. The Morgan fingerprint density at radius 2 is 1.75 bits per heavy atom. The number of fused-ring (bicyclic) bond motifs is 1. The fourth-order valence-electron chi connectivity index (χ4n) is 6.76. The van der Waals surface area contributed by atoms with Crippen LogP contribution in [0.25, 0.3) is 0 Å². The van der Waals surface area contributed by atoms with Crippen LogP contribution in [0.5, 0.6) is 5.75 Å². The van der Waals surface area contributed by atoms with Crippen molar-refractivity contribution in [3.63, 3.8) is 0 Å². The summed E-state index contributed by atoms with van der Waals surface area (Å²) in [6, 6.07) is 10.4. The number of aromatic nitrogens is 2. The number of hydrogen-bond acceptors (Lipinski definition) is 6. The Kier molecular flexibility index (Phi) is 8.13. The summed E-state index contributed by atoms with van der Waals surface area (Å²) in [6.07, 6.45) is 5.06. The fourth-order valence-corrected chi connectivity index (χ4v) is 6.76. The second kappa shape index (κ2) is 12.0. The van der Waals surface area contributed by atoms with Crippen molar-refractivity contribution in [3.8, 4) is 5.75 Å². The van der Waals surface area contributed by atoms with Crippen LogP contribution in [0.1, 0.15) is 67.2 Å². The van der Waals surface area contributed by atoms with Gasteiger partial charge in [0, 0.05) is 50.0 Å². The number of benzene rings is 2. The number of ether oxygens (including phenoxy) is 1. The molecule has 6 rings (SSSR count). The second-order valence-corrected chi connectivity index (χ2v) is 12.7. The highest BCUT2D eigenvalue weighted by Crippen LogP contribution is 2.40. The van der Waals surface area contributed by atoms with Crippen molar-refractivity contribution in [1.82, 2.24) is 19.8 Å². The zero-order valence-electron chi connectivity index (χ0n) is 25.4. The highest BCUT2D eigenvalue weighted by molar-refractivity contribution is 5.93. The van der Waals surface area contributed by atoms with E-state index in [4.69, 9.17) is 4.74 Å². The van der Waals surface area contributed by atoms with Crippen LogP contribution >= 0.6 is 0 Å². The SMILES string of the molecule is COc1ccc2c(c1)CCN(C1CCN(c3cc(C(=O)N4CC(C)(C)CCC4c4cc(F)cc(F)c4)ncn3)CC1)C(=O)N2. The number of likely N-dealkylation sites (tertiary alicyclic amines) is 1. The van der Waals surface area contributed by atoms with Crippen LogP contribution in [0.4, 0.5) is 25.1 Å². The van der Waals surface area contributed by atoms with E-state index in [2.05, 4.69) is 34.0 Å². The zero-order chi connectivity index (χ0) is 31.0. The maximum absolute atomic E-state index is 14.1. The van der Waals surface area contributed by atoms with Gasteiger partial charge in [0.05, 0.1) is 13.2 Å². The molecule has 1 aromatic heterocycles. The third kappa shape index (κ3) is 6.18. The number of hydrogen-bond donors (Lipinski definition) is 1. The summed E-state index contributed by atoms with van der Waals surface area (Å²) in [5.74, 6) is -0.195. The molecular weight excluding hydrogens is 566 g/mol. The third-order valence-corrected chi connectivity index (χ3v) is 9.14. The van der Waals surface area contributed by atoms with Crippen LogP contribution in [0.2, 0.25) is 0 Å². The maximum atomic E-state index is 14.1. The largest absolute Gasteiger partial charge is 0.497 e. The molecule has 0 saturated carbocycles. The van der Waals surface area contributed by atoms with Crippen LogP contribution in [0, 0.1) is 17.0 Å². The summed E-state index contributed by atoms with van der Waals surface area (Å²) < 4.78 is 33.6. The minimum atomic E-state index is -0.660. The molecule has 4 heterocycles. The first kappa shape index (κ1) is 29.8. The highest BCUT2D eigenvalue weighted by Gasteiger charge is 2.38. The van der Waals surface area contributed by atoms with Gasteiger partial charge >= 0.3 is 6.03 Å². The van der Waals surface area contributed by atoms with E-state index in [9.17, 15) is 18.4 Å². The number of rotatable bonds is 5. The molecule has 232 valence electrons. The van der Waals surface area contributed by atoms with E-state index in [1.165, 1.54) is 18.5 Å². The average molecular weight is 605 g/mol. The minimum Gasteiger partial charge on any atom is -0.497 e. The first-order chi connectivity index (χ1) is 21.1. The lowest BCUT2D eigenvalue weighted by atomic mass is 9.79. The van der Waals surface area contributed by atoms with Crippen LogP contribution in [0.15, 0.2) is 48.8 Å². The first-order valence-electron chi connectivity index (χ1n) is 15.2. The molecule has 44 heavy (non-hydrogen) atoms. The van der Waals surface area contributed by atoms with Gasteiger partial charge in [-0.15, -0.1) is 0 Å². The quantitative estimate of drug-likeness (QED) is 0.395. The van der Waals surface area contributed by atoms with E-state index in [1.54, 1.807) is 18.1 Å². The Morgan fingerprint density at radius 1 is 1.00 bits per heavy atom. The Hall–Kier alpha value is -4.28. The first-order valence-corrected chi connectivity index (χ1v) is 15.2. The number of urea groups is 1. The zero-order valence-corrected chi connectivity index (χ0v) is 25.4. The van der Waals surface area contributed by atoms with E-state index in [1.807, 2.05) is 23.1 Å². The summed E-state index contributed by atoms with van der Waals surface area (Å²) in [6.45, 7) is 6.57. The molecule has 11 heteroatoms. The van der Waals surface area contributed by atoms with Crippen LogP contribution in [-0.2, 0) is 6.42 Å². The maximum Gasteiger partial charge on any atom is 0.322 e. The molecule has 0 aliphatic carbocycles. The molecule has 2 fully saturated rings. The number of anilines is 2. The van der Waals surface area contributed by atoms with Gasteiger partial charge in [-0.3, -0.25) is 4.79 Å². The number of carbonyl (C=O) groups excluding carboxylic acids is 2. The number of amides is 3. The number of halogens is 2. The van der Waals surface area contributed by atoms with Crippen molar-refractivity contribution in [1.29, 1.82) is 0 Å². The standard InChI is InChI=1S/C33H38F2N6O3/c1-33(2)10-6-29(22-14-23(34)17-24(35)15-22)41(19-33)31(42)28-18-30(37-20-36-28)39-11-8-25(9-12-39)40-13-7-21-16-26(44-3)4-5-27(21)38-32(40)43/h4-5,14-18,20,25,29H,6-13,19H2,1-3H3,(H,38,43). The van der Waals surface area contributed by atoms with Gasteiger partial charge < -0.3 is 24.8 Å². The van der Waals surface area contributed by atoms with Crippen molar-refractivity contribution >= 4 is 23.4 Å². The number of nitrogens with one attached hydrogen (secondary N) is 1. The van der Waals surface area contributed by atoms with Crippen molar-refractivity contribution in [3.05, 3.63) is 77.2 Å². The van der Waals surface area contributed by atoms with Gasteiger partial charge in [-0.25, -0.2) is 23.5 Å². The molecular formula is C33H38F2N6O3.